The minimum Gasteiger partial charge on any atom is -0.476 e. The van der Waals surface area contributed by atoms with E-state index >= 15 is 0 Å². The molecule has 0 unspecified atom stereocenters. The zero-order valence-electron chi connectivity index (χ0n) is 9.25. The number of rotatable bonds is 4. The highest BCUT2D eigenvalue weighted by atomic mass is 32.1. The van der Waals surface area contributed by atoms with Gasteiger partial charge in [0.1, 0.15) is 5.00 Å². The molecule has 0 bridgehead atoms. The Morgan fingerprint density at radius 3 is 2.78 bits per heavy atom. The van der Waals surface area contributed by atoms with Gasteiger partial charge in [-0.1, -0.05) is 12.1 Å². The molecule has 2 rings (SSSR count). The predicted octanol–water partition coefficient (Wildman–Crippen LogP) is 2.33. The second kappa shape index (κ2) is 5.29. The molecule has 0 radical (unpaired) electrons. The maximum Gasteiger partial charge on any atom is 0.357 e. The summed E-state index contributed by atoms with van der Waals surface area (Å²) < 4.78 is 0. The average molecular weight is 259 g/mol. The monoisotopic (exact) mass is 259 g/mol. The quantitative estimate of drug-likeness (QED) is 0.880. The molecule has 0 saturated heterocycles. The van der Waals surface area contributed by atoms with Gasteiger partial charge in [-0.25, -0.2) is 9.78 Å². The summed E-state index contributed by atoms with van der Waals surface area (Å²) in [6.07, 6.45) is 0. The fourth-order valence-electron chi connectivity index (χ4n) is 1.40. The largest absolute Gasteiger partial charge is 0.476 e. The van der Waals surface area contributed by atoms with Crippen LogP contribution < -0.4 is 5.32 Å². The predicted molar refractivity (Wildman–Crippen MR) is 67.6 cm³/mol. The van der Waals surface area contributed by atoms with Crippen molar-refractivity contribution in [2.45, 2.75) is 6.54 Å². The lowest BCUT2D eigenvalue weighted by atomic mass is 10.1. The van der Waals surface area contributed by atoms with Crippen molar-refractivity contribution >= 4 is 22.3 Å². The smallest absolute Gasteiger partial charge is 0.357 e. The Hall–Kier alpha value is -2.39. The van der Waals surface area contributed by atoms with E-state index in [0.717, 1.165) is 5.56 Å². The van der Waals surface area contributed by atoms with Crippen LogP contribution >= 0.6 is 11.3 Å². The Morgan fingerprint density at radius 1 is 1.44 bits per heavy atom. The molecule has 0 aliphatic rings. The summed E-state index contributed by atoms with van der Waals surface area (Å²) in [6.45, 7) is 0.494. The first-order valence-corrected chi connectivity index (χ1v) is 5.98. The van der Waals surface area contributed by atoms with Crippen molar-refractivity contribution in [2.75, 3.05) is 5.32 Å². The summed E-state index contributed by atoms with van der Waals surface area (Å²) in [4.78, 5) is 14.6. The van der Waals surface area contributed by atoms with Crippen molar-refractivity contribution in [3.8, 4) is 6.07 Å². The molecule has 1 aromatic carbocycles. The van der Waals surface area contributed by atoms with Crippen molar-refractivity contribution < 1.29 is 9.90 Å². The number of nitrogens with zero attached hydrogens (tertiary/aromatic N) is 2. The number of hydrogen-bond donors (Lipinski definition) is 2. The van der Waals surface area contributed by atoms with Crippen LogP contribution in [0.25, 0.3) is 0 Å². The van der Waals surface area contributed by atoms with Gasteiger partial charge >= 0.3 is 5.97 Å². The van der Waals surface area contributed by atoms with Crippen molar-refractivity contribution in [2.24, 2.45) is 0 Å². The minimum absolute atomic E-state index is 0.0358. The van der Waals surface area contributed by atoms with Crippen LogP contribution in [-0.4, -0.2) is 16.1 Å². The van der Waals surface area contributed by atoms with E-state index in [0.29, 0.717) is 17.1 Å². The van der Waals surface area contributed by atoms with Gasteiger partial charge in [0.05, 0.1) is 17.1 Å². The molecule has 1 aromatic heterocycles. The van der Waals surface area contributed by atoms with Gasteiger partial charge in [0, 0.05) is 6.54 Å². The summed E-state index contributed by atoms with van der Waals surface area (Å²) in [5.41, 5.74) is 3.10. The van der Waals surface area contributed by atoms with Gasteiger partial charge in [-0.2, -0.15) is 5.26 Å². The number of carboxylic acid groups (broad SMARTS) is 1. The lowest BCUT2D eigenvalue weighted by molar-refractivity contribution is 0.0692. The molecule has 18 heavy (non-hydrogen) atoms. The van der Waals surface area contributed by atoms with Gasteiger partial charge in [0.25, 0.3) is 0 Å². The van der Waals surface area contributed by atoms with Crippen LogP contribution in [0.5, 0.6) is 0 Å². The Balaban J connectivity index is 2.05. The van der Waals surface area contributed by atoms with E-state index in [9.17, 15) is 4.79 Å². The van der Waals surface area contributed by atoms with E-state index in [2.05, 4.69) is 10.3 Å². The first kappa shape index (κ1) is 12.1. The van der Waals surface area contributed by atoms with Crippen molar-refractivity contribution in [1.29, 1.82) is 5.26 Å². The summed E-state index contributed by atoms with van der Waals surface area (Å²) in [5.74, 6) is -1.04. The molecule has 2 N–H and O–H groups in total. The molecule has 0 aliphatic carbocycles. The first-order valence-electron chi connectivity index (χ1n) is 5.10. The van der Waals surface area contributed by atoms with Crippen LogP contribution in [0, 0.1) is 11.3 Å². The number of carbonyl (C=O) groups is 1. The Kier molecular flexibility index (Phi) is 3.55. The summed E-state index contributed by atoms with van der Waals surface area (Å²) in [7, 11) is 0. The molecule has 90 valence electrons. The standard InChI is InChI=1S/C12H9N3O2S/c13-5-8-1-3-9(4-2-8)6-14-11-10(12(16)17)15-7-18-11/h1-4,7,14H,6H2,(H,16,17). The van der Waals surface area contributed by atoms with Gasteiger partial charge in [-0.15, -0.1) is 11.3 Å². The van der Waals surface area contributed by atoms with E-state index in [1.165, 1.54) is 16.8 Å². The van der Waals surface area contributed by atoms with Crippen LogP contribution in [0.15, 0.2) is 29.8 Å². The maximum atomic E-state index is 10.8. The molecular formula is C12H9N3O2S. The molecule has 6 heteroatoms. The van der Waals surface area contributed by atoms with E-state index in [1.807, 2.05) is 18.2 Å². The maximum absolute atomic E-state index is 10.8. The fourth-order valence-corrected chi connectivity index (χ4v) is 2.07. The third-order valence-electron chi connectivity index (χ3n) is 2.31. The number of anilines is 1. The second-order valence-corrected chi connectivity index (χ2v) is 4.35. The highest BCUT2D eigenvalue weighted by Crippen LogP contribution is 2.20. The normalized spacial score (nSPS) is 9.72. The van der Waals surface area contributed by atoms with Crippen LogP contribution in [0.4, 0.5) is 5.00 Å². The summed E-state index contributed by atoms with van der Waals surface area (Å²) >= 11 is 1.25. The number of aromatic carboxylic acids is 1. The fraction of sp³-hybridized carbons (Fsp3) is 0.0833. The van der Waals surface area contributed by atoms with E-state index in [4.69, 9.17) is 10.4 Å². The lowest BCUT2D eigenvalue weighted by Gasteiger charge is -2.04. The van der Waals surface area contributed by atoms with Gasteiger partial charge in [-0.05, 0) is 17.7 Å². The van der Waals surface area contributed by atoms with Crippen molar-refractivity contribution in [1.82, 2.24) is 4.98 Å². The molecule has 2 aromatic rings. The molecule has 0 fully saturated rings. The van der Waals surface area contributed by atoms with Crippen LogP contribution in [-0.2, 0) is 6.54 Å². The summed E-state index contributed by atoms with van der Waals surface area (Å²) in [5, 5.41) is 21.1. The number of aromatic nitrogens is 1. The van der Waals surface area contributed by atoms with Gasteiger partial charge in [0.2, 0.25) is 0 Å². The second-order valence-electron chi connectivity index (χ2n) is 3.50. The molecule has 0 spiro atoms. The first-order chi connectivity index (χ1) is 8.70. The number of hydrogen-bond acceptors (Lipinski definition) is 5. The average Bonchev–Trinajstić information content (AvgIpc) is 2.85. The van der Waals surface area contributed by atoms with Gasteiger partial charge < -0.3 is 10.4 Å². The van der Waals surface area contributed by atoms with Gasteiger partial charge in [0.15, 0.2) is 5.69 Å². The van der Waals surface area contributed by atoms with Gasteiger partial charge in [-0.3, -0.25) is 0 Å². The van der Waals surface area contributed by atoms with E-state index in [-0.39, 0.29) is 5.69 Å². The molecule has 0 atom stereocenters. The molecule has 5 nitrogen and oxygen atoms in total. The Bertz CT molecular complexity index is 599. The van der Waals surface area contributed by atoms with E-state index < -0.39 is 5.97 Å². The van der Waals surface area contributed by atoms with Crippen LogP contribution in [0.3, 0.4) is 0 Å². The Morgan fingerprint density at radius 2 is 2.17 bits per heavy atom. The lowest BCUT2D eigenvalue weighted by Crippen LogP contribution is -2.04. The number of nitrogens with one attached hydrogen (secondary N) is 1. The Labute approximate surface area is 107 Å². The molecule has 0 aliphatic heterocycles. The minimum atomic E-state index is -1.04. The number of carboxylic acids is 1. The SMILES string of the molecule is N#Cc1ccc(CNc2scnc2C(=O)O)cc1. The van der Waals surface area contributed by atoms with Crippen molar-refractivity contribution in [3.05, 3.63) is 46.6 Å². The zero-order valence-corrected chi connectivity index (χ0v) is 10.1. The molecule has 0 amide bonds. The molecular weight excluding hydrogens is 250 g/mol. The zero-order chi connectivity index (χ0) is 13.0. The number of nitriles is 1. The van der Waals surface area contributed by atoms with Crippen molar-refractivity contribution in [3.63, 3.8) is 0 Å². The topological polar surface area (TPSA) is 86.0 Å². The van der Waals surface area contributed by atoms with E-state index in [1.54, 1.807) is 12.1 Å². The molecule has 1 heterocycles. The summed E-state index contributed by atoms with van der Waals surface area (Å²) in [6, 6.07) is 9.14. The number of thiazole rings is 1. The number of benzene rings is 1. The third kappa shape index (κ3) is 2.64. The van der Waals surface area contributed by atoms with Crippen LogP contribution in [0.1, 0.15) is 21.6 Å². The highest BCUT2D eigenvalue weighted by molar-refractivity contribution is 7.14. The molecule has 0 saturated carbocycles. The van der Waals surface area contributed by atoms with Crippen LogP contribution in [0.2, 0.25) is 0 Å². The highest BCUT2D eigenvalue weighted by Gasteiger charge is 2.12. The third-order valence-corrected chi connectivity index (χ3v) is 3.09.